The molecular formula is C63H71N4O+. The molecule has 6 aromatic carbocycles. The zero-order valence-corrected chi connectivity index (χ0v) is 43.2. The quantitative estimate of drug-likeness (QED) is 0.0820. The molecule has 10 rings (SSSR count). The van der Waals surface area contributed by atoms with Crippen LogP contribution >= 0.6 is 0 Å². The highest BCUT2D eigenvalue weighted by Gasteiger charge is 2.78. The highest BCUT2D eigenvalue weighted by atomic mass is 16.5. The van der Waals surface area contributed by atoms with Gasteiger partial charge in [0.25, 0.3) is 0 Å². The third kappa shape index (κ3) is 7.22. The first-order chi connectivity index (χ1) is 32.0. The fourth-order valence-corrected chi connectivity index (χ4v) is 10.8. The Labute approximate surface area is 406 Å². The Morgan fingerprint density at radius 2 is 1.09 bits per heavy atom. The molecule has 0 radical (unpaired) electrons. The van der Waals surface area contributed by atoms with Crippen LogP contribution < -0.4 is 13.9 Å². The number of rotatable bonds is 9. The second kappa shape index (κ2) is 15.8. The fraction of sp³-hybridized carbons (Fsp3) is 0.333. The van der Waals surface area contributed by atoms with Crippen LogP contribution in [0.1, 0.15) is 155 Å². The average Bonchev–Trinajstić information content (AvgIpc) is 3.78. The van der Waals surface area contributed by atoms with E-state index >= 15 is 0 Å². The van der Waals surface area contributed by atoms with Gasteiger partial charge in [0.2, 0.25) is 11.4 Å². The molecule has 2 aliphatic heterocycles. The summed E-state index contributed by atoms with van der Waals surface area (Å²) in [7, 11) is 0. The van der Waals surface area contributed by atoms with E-state index in [-0.39, 0.29) is 16.2 Å². The van der Waals surface area contributed by atoms with Gasteiger partial charge in [-0.1, -0.05) is 152 Å². The lowest BCUT2D eigenvalue weighted by Gasteiger charge is -2.40. The van der Waals surface area contributed by atoms with Crippen LogP contribution in [0.2, 0.25) is 0 Å². The van der Waals surface area contributed by atoms with Crippen LogP contribution in [-0.4, -0.2) is 9.55 Å². The molecule has 0 bridgehead atoms. The van der Waals surface area contributed by atoms with Gasteiger partial charge in [0.05, 0.1) is 11.0 Å². The molecule has 0 aliphatic carbocycles. The van der Waals surface area contributed by atoms with Crippen molar-refractivity contribution in [1.29, 1.82) is 0 Å². The van der Waals surface area contributed by atoms with E-state index < -0.39 is 0 Å². The van der Waals surface area contributed by atoms with Crippen molar-refractivity contribution in [3.63, 3.8) is 0 Å². The van der Waals surface area contributed by atoms with E-state index in [2.05, 4.69) is 242 Å². The number of nitrogens with zero attached hydrogens (tertiary/aromatic N) is 4. The minimum Gasteiger partial charge on any atom is -0.457 e. The van der Waals surface area contributed by atoms with E-state index in [0.717, 1.165) is 28.4 Å². The number of hydrogen-bond donors (Lipinski definition) is 0. The first-order valence-electron chi connectivity index (χ1n) is 25.0. The summed E-state index contributed by atoms with van der Waals surface area (Å²) >= 11 is 0. The number of hydrogen-bond acceptors (Lipinski definition) is 2. The van der Waals surface area contributed by atoms with E-state index in [4.69, 9.17) is 9.72 Å². The maximum Gasteiger partial charge on any atom is 0.225 e. The van der Waals surface area contributed by atoms with Gasteiger partial charge in [0, 0.05) is 59.4 Å². The highest BCUT2D eigenvalue weighted by Crippen LogP contribution is 2.75. The molecule has 0 spiro atoms. The molecule has 1 unspecified atom stereocenters. The molecule has 1 fully saturated rings. The Morgan fingerprint density at radius 1 is 0.500 bits per heavy atom. The standard InChI is InChI=1S/C63H71N4O/c1-39(2)43-30-53(40(3)4)60(54(31-43)41(5)6)42-19-18-20-47(29-42)66-38-67(66,58-22-17-16-21-57(58)66)48-32-46(63(13,14)15)33-50(36-48)68-49-24-26-52-51-25-23-44(61(7,8)9)34-55(51)65(56(52)37-49)59-35-45(27-28-64-59)62(10,11)12/h16-41H,1-15H3/q+1/t66-,67?/m0/s1. The first-order valence-corrected chi connectivity index (χ1v) is 25.0. The molecule has 2 atom stereocenters. The lowest BCUT2D eigenvalue weighted by molar-refractivity contribution is 0.422. The molecular weight excluding hydrogens is 829 g/mol. The van der Waals surface area contributed by atoms with E-state index in [0.29, 0.717) is 26.9 Å². The third-order valence-corrected chi connectivity index (χ3v) is 14.9. The zero-order valence-electron chi connectivity index (χ0n) is 43.2. The summed E-state index contributed by atoms with van der Waals surface area (Å²) in [6, 6.07) is 48.2. The van der Waals surface area contributed by atoms with Crippen LogP contribution in [0.15, 0.2) is 134 Å². The van der Waals surface area contributed by atoms with Crippen molar-refractivity contribution in [2.75, 3.05) is 0 Å². The molecule has 0 amide bonds. The van der Waals surface area contributed by atoms with Gasteiger partial charge >= 0.3 is 0 Å². The lowest BCUT2D eigenvalue weighted by atomic mass is 9.81. The van der Waals surface area contributed by atoms with E-state index in [1.165, 1.54) is 78.0 Å². The Balaban J connectivity index is 1.11. The van der Waals surface area contributed by atoms with Crippen molar-refractivity contribution >= 4 is 44.6 Å². The SMILES string of the molecule is CC(C)c1cc(C(C)C)c(-c2cccc([N@+]34[CH-][N+]3(c3cc(Oc5ccc6c7ccc(C(C)(C)C)cc7n(-c7cc(C(C)(C)C)ccn7)c6c5)cc(C(C)(C)C)c3)c3ccccc34)c2)c(C(C)C)c1. The lowest BCUT2D eigenvalue weighted by Crippen LogP contribution is -2.46. The van der Waals surface area contributed by atoms with Gasteiger partial charge < -0.3 is 4.74 Å². The molecule has 1 saturated heterocycles. The van der Waals surface area contributed by atoms with Crippen molar-refractivity contribution in [2.24, 2.45) is 0 Å². The van der Waals surface area contributed by atoms with Crippen LogP contribution in [0.25, 0.3) is 38.8 Å². The normalized spacial score (nSPS) is 18.1. The zero-order chi connectivity index (χ0) is 48.5. The number of benzene rings is 6. The summed E-state index contributed by atoms with van der Waals surface area (Å²) in [5.74, 6) is 3.78. The Hall–Kier alpha value is -6.01. The van der Waals surface area contributed by atoms with Gasteiger partial charge in [-0.05, 0) is 115 Å². The maximum absolute atomic E-state index is 7.12. The van der Waals surface area contributed by atoms with Gasteiger partial charge in [-0.2, -0.15) is 9.18 Å². The van der Waals surface area contributed by atoms with Gasteiger partial charge in [0.15, 0.2) is 18.0 Å². The number of aromatic nitrogens is 2. The highest BCUT2D eigenvalue weighted by molar-refractivity contribution is 6.10. The molecule has 8 aromatic rings. The van der Waals surface area contributed by atoms with Crippen molar-refractivity contribution in [3.05, 3.63) is 174 Å². The topological polar surface area (TPSA) is 27.1 Å². The number of para-hydroxylation sites is 2. The molecule has 348 valence electrons. The molecule has 0 N–H and O–H groups in total. The van der Waals surface area contributed by atoms with Crippen LogP contribution in [-0.2, 0) is 16.2 Å². The molecule has 2 aliphatic rings. The van der Waals surface area contributed by atoms with Crippen molar-refractivity contribution in [3.8, 4) is 28.4 Å². The predicted molar refractivity (Wildman–Crippen MR) is 289 cm³/mol. The second-order valence-electron chi connectivity index (χ2n) is 23.8. The molecule has 5 nitrogen and oxygen atoms in total. The average molecular weight is 900 g/mol. The summed E-state index contributed by atoms with van der Waals surface area (Å²) in [5.41, 5.74) is 17.9. The van der Waals surface area contributed by atoms with Gasteiger partial charge in [-0.25, -0.2) is 4.98 Å². The number of pyridine rings is 1. The van der Waals surface area contributed by atoms with Crippen LogP contribution in [0.3, 0.4) is 0 Å². The maximum atomic E-state index is 7.12. The summed E-state index contributed by atoms with van der Waals surface area (Å²) in [4.78, 5) is 5.02. The van der Waals surface area contributed by atoms with Crippen molar-refractivity contribution < 1.29 is 4.74 Å². The van der Waals surface area contributed by atoms with Crippen LogP contribution in [0.4, 0.5) is 22.7 Å². The predicted octanol–water partition coefficient (Wildman–Crippen LogP) is 18.2. The van der Waals surface area contributed by atoms with Gasteiger partial charge in [0.1, 0.15) is 17.3 Å². The summed E-state index contributed by atoms with van der Waals surface area (Å²) < 4.78 is 10.7. The Kier molecular flexibility index (Phi) is 10.6. The molecule has 4 heterocycles. The number of ether oxygens (including phenoxy) is 1. The largest absolute Gasteiger partial charge is 0.457 e. The van der Waals surface area contributed by atoms with Gasteiger partial charge in [-0.15, -0.1) is 0 Å². The number of quaternary nitrogens is 2. The van der Waals surface area contributed by atoms with Crippen molar-refractivity contribution in [2.45, 2.75) is 138 Å². The molecule has 0 saturated carbocycles. The Morgan fingerprint density at radius 3 is 1.69 bits per heavy atom. The van der Waals surface area contributed by atoms with E-state index in [9.17, 15) is 0 Å². The number of fused-ring (bicyclic) bond motifs is 7. The second-order valence-corrected chi connectivity index (χ2v) is 23.8. The van der Waals surface area contributed by atoms with Crippen molar-refractivity contribution in [1.82, 2.24) is 18.7 Å². The summed E-state index contributed by atoms with van der Waals surface area (Å²) in [6.07, 6.45) is 1.96. The third-order valence-electron chi connectivity index (χ3n) is 14.9. The van der Waals surface area contributed by atoms with E-state index in [1.54, 1.807) is 0 Å². The molecule has 2 aromatic heterocycles. The summed E-state index contributed by atoms with van der Waals surface area (Å²) in [5, 5.41) is 2.38. The minimum absolute atomic E-state index is 0.00846. The van der Waals surface area contributed by atoms with E-state index in [1.807, 2.05) is 6.20 Å². The monoisotopic (exact) mass is 900 g/mol. The smallest absolute Gasteiger partial charge is 0.225 e. The van der Waals surface area contributed by atoms with Crippen LogP contribution in [0.5, 0.6) is 11.5 Å². The summed E-state index contributed by atoms with van der Waals surface area (Å²) in [6.45, 7) is 37.0. The van der Waals surface area contributed by atoms with Gasteiger partial charge in [-0.3, -0.25) is 4.57 Å². The molecule has 68 heavy (non-hydrogen) atoms. The first kappa shape index (κ1) is 45.8. The van der Waals surface area contributed by atoms with Crippen LogP contribution in [0, 0.1) is 6.67 Å². The fourth-order valence-electron chi connectivity index (χ4n) is 10.8. The molecule has 5 heteroatoms. The minimum atomic E-state index is -0.129. The Bertz CT molecular complexity index is 3260.